The van der Waals surface area contributed by atoms with Crippen LogP contribution in [-0.2, 0) is 0 Å². The maximum absolute atomic E-state index is 11.5. The van der Waals surface area contributed by atoms with Crippen LogP contribution in [-0.4, -0.2) is 21.9 Å². The normalized spacial score (nSPS) is 38.4. The number of aliphatic hydroxyl groups is 2. The third-order valence-electron chi connectivity index (χ3n) is 8.65. The molecule has 0 aromatic heterocycles. The van der Waals surface area contributed by atoms with Crippen LogP contribution < -0.4 is 0 Å². The quantitative estimate of drug-likeness (QED) is 0.490. The molecule has 0 aliphatic heterocycles. The van der Waals surface area contributed by atoms with Gasteiger partial charge < -0.3 is 10.2 Å². The van der Waals surface area contributed by atoms with Crippen LogP contribution in [0.25, 0.3) is 0 Å². The molecule has 2 N–H and O–H groups in total. The van der Waals surface area contributed by atoms with Crippen LogP contribution in [0.2, 0.25) is 0 Å². The van der Waals surface area contributed by atoms with Crippen molar-refractivity contribution in [2.24, 2.45) is 29.1 Å². The van der Waals surface area contributed by atoms with E-state index in [0.717, 1.165) is 32.1 Å². The van der Waals surface area contributed by atoms with Crippen molar-refractivity contribution in [1.29, 1.82) is 0 Å². The van der Waals surface area contributed by atoms with Gasteiger partial charge in [-0.3, -0.25) is 0 Å². The fourth-order valence-corrected chi connectivity index (χ4v) is 6.28. The van der Waals surface area contributed by atoms with E-state index in [4.69, 9.17) is 0 Å². The highest BCUT2D eigenvalue weighted by atomic mass is 16.3. The molecule has 0 aromatic rings. The molecule has 3 aliphatic carbocycles. The van der Waals surface area contributed by atoms with Crippen molar-refractivity contribution < 1.29 is 10.2 Å². The van der Waals surface area contributed by atoms with Crippen molar-refractivity contribution in [1.82, 2.24) is 0 Å². The minimum atomic E-state index is -0.755. The Bertz CT molecular complexity index is 723. The molecule has 2 unspecified atom stereocenters. The van der Waals surface area contributed by atoms with Crippen LogP contribution in [0, 0.1) is 29.1 Å². The smallest absolute Gasteiger partial charge is 0.0833 e. The van der Waals surface area contributed by atoms with Crippen LogP contribution in [0.3, 0.4) is 0 Å². The molecule has 3 rings (SSSR count). The van der Waals surface area contributed by atoms with Gasteiger partial charge in [0, 0.05) is 0 Å². The molecule has 3 saturated carbocycles. The summed E-state index contributed by atoms with van der Waals surface area (Å²) in [6.07, 6.45) is 17.0. The van der Waals surface area contributed by atoms with E-state index in [2.05, 4.69) is 58.6 Å². The van der Waals surface area contributed by atoms with E-state index >= 15 is 0 Å². The van der Waals surface area contributed by atoms with Gasteiger partial charge in [-0.05, 0) is 93.0 Å². The van der Waals surface area contributed by atoms with Crippen LogP contribution in [0.4, 0.5) is 0 Å². The van der Waals surface area contributed by atoms with Crippen LogP contribution in [0.5, 0.6) is 0 Å². The first-order valence-electron chi connectivity index (χ1n) is 12.2. The second-order valence-corrected chi connectivity index (χ2v) is 11.2. The number of fused-ring (bicyclic) bond motifs is 1. The maximum Gasteiger partial charge on any atom is 0.0833 e. The molecule has 0 saturated heterocycles. The Labute approximate surface area is 184 Å². The van der Waals surface area contributed by atoms with Crippen molar-refractivity contribution in [3.05, 3.63) is 47.6 Å². The summed E-state index contributed by atoms with van der Waals surface area (Å²) in [6, 6.07) is 0. The minimum absolute atomic E-state index is 0.153. The van der Waals surface area contributed by atoms with Crippen molar-refractivity contribution in [2.45, 2.75) is 97.7 Å². The molecule has 2 nitrogen and oxygen atoms in total. The lowest BCUT2D eigenvalue weighted by molar-refractivity contribution is -0.0241. The third kappa shape index (κ3) is 4.86. The fraction of sp³-hybridized carbons (Fsp3) is 0.714. The van der Waals surface area contributed by atoms with Crippen molar-refractivity contribution >= 4 is 0 Å². The number of hydrogen-bond donors (Lipinski definition) is 2. The minimum Gasteiger partial charge on any atom is -0.393 e. The summed E-state index contributed by atoms with van der Waals surface area (Å²) < 4.78 is 0. The molecule has 2 heteroatoms. The molecular formula is C28H44O2. The molecular weight excluding hydrogens is 368 g/mol. The second-order valence-electron chi connectivity index (χ2n) is 11.2. The molecule has 6 atom stereocenters. The zero-order valence-electron chi connectivity index (χ0n) is 20.0. The number of aliphatic hydroxyl groups excluding tert-OH is 1. The first-order chi connectivity index (χ1) is 14.0. The van der Waals surface area contributed by atoms with E-state index in [-0.39, 0.29) is 11.5 Å². The van der Waals surface area contributed by atoms with E-state index < -0.39 is 5.60 Å². The SMILES string of the molecule is C=C1CC[C@H](O)C/C1=C\C=C1/CCC[C@@]2(C)C1CCC2[C@@](C)(O)/C=C/[C@H](C)C(C)C. The van der Waals surface area contributed by atoms with Gasteiger partial charge >= 0.3 is 0 Å². The second kappa shape index (κ2) is 9.17. The van der Waals surface area contributed by atoms with Gasteiger partial charge in [0.2, 0.25) is 0 Å². The van der Waals surface area contributed by atoms with Crippen molar-refractivity contribution in [3.63, 3.8) is 0 Å². The predicted molar refractivity (Wildman–Crippen MR) is 127 cm³/mol. The van der Waals surface area contributed by atoms with Crippen LogP contribution in [0.15, 0.2) is 47.6 Å². The summed E-state index contributed by atoms with van der Waals surface area (Å²) in [5.74, 6) is 1.92. The first kappa shape index (κ1) is 23.5. The van der Waals surface area contributed by atoms with E-state index in [1.807, 2.05) is 6.92 Å². The van der Waals surface area contributed by atoms with Gasteiger partial charge in [-0.15, -0.1) is 0 Å². The van der Waals surface area contributed by atoms with E-state index in [9.17, 15) is 10.2 Å². The standard InChI is InChI=1S/C28H44O2/c1-19(2)20(3)15-17-28(6,30)26-14-13-25-22(8-7-16-27(25,26)5)10-11-23-18-24(29)12-9-21(23)4/h10-11,15,17,19-20,24-26,29-30H,4,7-9,12-14,16,18H2,1-3,5-6H3/b17-15+,22-10+,23-11+/t20-,24-,25?,26?,27-,28-/m0/s1. The highest BCUT2D eigenvalue weighted by Gasteiger charge is 2.54. The maximum atomic E-state index is 11.5. The lowest BCUT2D eigenvalue weighted by Crippen LogP contribution is -2.44. The summed E-state index contributed by atoms with van der Waals surface area (Å²) in [4.78, 5) is 0. The lowest BCUT2D eigenvalue weighted by atomic mass is 9.60. The zero-order chi connectivity index (χ0) is 22.1. The molecule has 0 amide bonds. The van der Waals surface area contributed by atoms with Crippen molar-refractivity contribution in [3.8, 4) is 0 Å². The molecule has 0 aromatic carbocycles. The Hall–Kier alpha value is -1.12. The van der Waals surface area contributed by atoms with Gasteiger partial charge in [-0.1, -0.05) is 69.7 Å². The number of rotatable bonds is 5. The molecule has 0 heterocycles. The monoisotopic (exact) mass is 412 g/mol. The number of hydrogen-bond acceptors (Lipinski definition) is 2. The lowest BCUT2D eigenvalue weighted by Gasteiger charge is -2.46. The van der Waals surface area contributed by atoms with E-state index in [1.54, 1.807) is 5.57 Å². The number of allylic oxidation sites excluding steroid dienone is 5. The first-order valence-corrected chi connectivity index (χ1v) is 12.2. The molecule has 0 radical (unpaired) electrons. The average Bonchev–Trinajstić information content (AvgIpc) is 3.05. The molecule has 3 aliphatic rings. The summed E-state index contributed by atoms with van der Waals surface area (Å²) in [7, 11) is 0. The largest absolute Gasteiger partial charge is 0.393 e. The van der Waals surface area contributed by atoms with Crippen molar-refractivity contribution in [2.75, 3.05) is 0 Å². The Kier molecular flexibility index (Phi) is 7.19. The predicted octanol–water partition coefficient (Wildman–Crippen LogP) is 6.76. The average molecular weight is 413 g/mol. The summed E-state index contributed by atoms with van der Waals surface area (Å²) >= 11 is 0. The third-order valence-corrected chi connectivity index (χ3v) is 8.65. The van der Waals surface area contributed by atoms with Gasteiger partial charge in [0.15, 0.2) is 0 Å². The Morgan fingerprint density at radius 3 is 2.57 bits per heavy atom. The van der Waals surface area contributed by atoms with Crippen LogP contribution >= 0.6 is 0 Å². The van der Waals surface area contributed by atoms with E-state index in [1.165, 1.54) is 30.4 Å². The molecule has 3 fully saturated rings. The van der Waals surface area contributed by atoms with Gasteiger partial charge in [0.1, 0.15) is 0 Å². The van der Waals surface area contributed by atoms with Gasteiger partial charge in [-0.25, -0.2) is 0 Å². The van der Waals surface area contributed by atoms with E-state index in [0.29, 0.717) is 23.7 Å². The fourth-order valence-electron chi connectivity index (χ4n) is 6.28. The van der Waals surface area contributed by atoms with Gasteiger partial charge in [-0.2, -0.15) is 0 Å². The summed E-state index contributed by atoms with van der Waals surface area (Å²) in [6.45, 7) is 15.4. The summed E-state index contributed by atoms with van der Waals surface area (Å²) in [5.41, 5.74) is 3.35. The highest BCUT2D eigenvalue weighted by molar-refractivity contribution is 5.36. The molecule has 0 spiro atoms. The van der Waals surface area contributed by atoms with Crippen LogP contribution in [0.1, 0.15) is 86.0 Å². The molecule has 30 heavy (non-hydrogen) atoms. The zero-order valence-corrected chi connectivity index (χ0v) is 20.0. The molecule has 0 bridgehead atoms. The Morgan fingerprint density at radius 1 is 1.13 bits per heavy atom. The van der Waals surface area contributed by atoms with Gasteiger partial charge in [0.05, 0.1) is 11.7 Å². The highest BCUT2D eigenvalue weighted by Crippen LogP contribution is 2.60. The molecule has 168 valence electrons. The Morgan fingerprint density at radius 2 is 1.87 bits per heavy atom. The Balaban J connectivity index is 1.80. The summed E-state index contributed by atoms with van der Waals surface area (Å²) in [5, 5.41) is 21.5. The van der Waals surface area contributed by atoms with Gasteiger partial charge in [0.25, 0.3) is 0 Å². The topological polar surface area (TPSA) is 40.5 Å².